The van der Waals surface area contributed by atoms with E-state index >= 15 is 0 Å². The summed E-state index contributed by atoms with van der Waals surface area (Å²) in [4.78, 5) is 17.2. The van der Waals surface area contributed by atoms with Crippen LogP contribution in [-0.4, -0.2) is 47.9 Å². The van der Waals surface area contributed by atoms with E-state index in [4.69, 9.17) is 0 Å². The number of rotatable bonds is 4. The third-order valence-electron chi connectivity index (χ3n) is 5.22. The van der Waals surface area contributed by atoms with Crippen LogP contribution in [0, 0.1) is 5.82 Å². The van der Waals surface area contributed by atoms with Gasteiger partial charge in [-0.05, 0) is 63.7 Å². The fourth-order valence-electron chi connectivity index (χ4n) is 3.87. The molecule has 1 unspecified atom stereocenters. The molecular formula is C19H28ClFN2O. The minimum Gasteiger partial charge on any atom is -0.336 e. The van der Waals surface area contributed by atoms with Crippen molar-refractivity contribution in [2.24, 2.45) is 0 Å². The summed E-state index contributed by atoms with van der Waals surface area (Å²) in [5, 5.41) is 0. The first-order chi connectivity index (χ1) is 11.3. The van der Waals surface area contributed by atoms with Crippen molar-refractivity contribution >= 4 is 18.3 Å². The van der Waals surface area contributed by atoms with Gasteiger partial charge in [-0.15, -0.1) is 12.4 Å². The molecule has 0 bridgehead atoms. The molecule has 2 saturated heterocycles. The van der Waals surface area contributed by atoms with Crippen molar-refractivity contribution < 1.29 is 9.18 Å². The Balaban J connectivity index is 0.00000208. The third kappa shape index (κ3) is 4.70. The molecule has 5 heteroatoms. The predicted molar refractivity (Wildman–Crippen MR) is 97.2 cm³/mol. The van der Waals surface area contributed by atoms with Crippen LogP contribution in [0.15, 0.2) is 24.3 Å². The second-order valence-electron chi connectivity index (χ2n) is 6.82. The van der Waals surface area contributed by atoms with Crippen LogP contribution in [0.5, 0.6) is 0 Å². The maximum absolute atomic E-state index is 13.9. The van der Waals surface area contributed by atoms with Crippen molar-refractivity contribution in [2.75, 3.05) is 26.2 Å². The number of hydrogen-bond acceptors (Lipinski definition) is 2. The molecule has 1 aromatic carbocycles. The average molecular weight is 355 g/mol. The third-order valence-corrected chi connectivity index (χ3v) is 5.22. The predicted octanol–water partition coefficient (Wildman–Crippen LogP) is 4.12. The zero-order chi connectivity index (χ0) is 16.1. The average Bonchev–Trinajstić information content (AvgIpc) is 2.61. The van der Waals surface area contributed by atoms with Gasteiger partial charge in [0.2, 0.25) is 0 Å². The van der Waals surface area contributed by atoms with Crippen LogP contribution in [0.2, 0.25) is 0 Å². The van der Waals surface area contributed by atoms with Crippen LogP contribution in [0.3, 0.4) is 0 Å². The molecule has 2 heterocycles. The van der Waals surface area contributed by atoms with Crippen molar-refractivity contribution in [1.82, 2.24) is 9.80 Å². The van der Waals surface area contributed by atoms with Crippen molar-refractivity contribution in [3.8, 4) is 0 Å². The molecule has 0 aromatic heterocycles. The van der Waals surface area contributed by atoms with Gasteiger partial charge >= 0.3 is 0 Å². The summed E-state index contributed by atoms with van der Waals surface area (Å²) in [6.45, 7) is 4.20. The Kier molecular flexibility index (Phi) is 7.50. The summed E-state index contributed by atoms with van der Waals surface area (Å²) in [6, 6.07) is 6.62. The lowest BCUT2D eigenvalue weighted by molar-refractivity contribution is 0.0574. The van der Waals surface area contributed by atoms with Crippen molar-refractivity contribution in [3.63, 3.8) is 0 Å². The molecule has 3 nitrogen and oxygen atoms in total. The van der Waals surface area contributed by atoms with E-state index < -0.39 is 5.82 Å². The normalized spacial score (nSPS) is 22.0. The smallest absolute Gasteiger partial charge is 0.257 e. The Labute approximate surface area is 150 Å². The topological polar surface area (TPSA) is 23.6 Å². The van der Waals surface area contributed by atoms with E-state index in [1.165, 1.54) is 44.8 Å². The number of hydrogen-bond donors (Lipinski definition) is 0. The highest BCUT2D eigenvalue weighted by Crippen LogP contribution is 2.23. The second-order valence-corrected chi connectivity index (χ2v) is 6.82. The lowest BCUT2D eigenvalue weighted by atomic mass is 9.97. The Morgan fingerprint density at radius 1 is 1.04 bits per heavy atom. The first-order valence-corrected chi connectivity index (χ1v) is 9.03. The fourth-order valence-corrected chi connectivity index (χ4v) is 3.87. The summed E-state index contributed by atoms with van der Waals surface area (Å²) in [6.07, 6.45) is 8.20. The number of carbonyl (C=O) groups is 1. The molecule has 1 amide bonds. The molecule has 0 N–H and O–H groups in total. The van der Waals surface area contributed by atoms with Crippen LogP contribution in [0.1, 0.15) is 55.3 Å². The van der Waals surface area contributed by atoms with E-state index in [0.29, 0.717) is 0 Å². The molecule has 1 aromatic rings. The molecule has 3 rings (SSSR count). The lowest BCUT2D eigenvalue weighted by Gasteiger charge is -2.37. The highest BCUT2D eigenvalue weighted by molar-refractivity contribution is 5.94. The highest BCUT2D eigenvalue weighted by atomic mass is 35.5. The van der Waals surface area contributed by atoms with Gasteiger partial charge in [0.1, 0.15) is 5.82 Å². The maximum Gasteiger partial charge on any atom is 0.257 e. The quantitative estimate of drug-likeness (QED) is 0.812. The maximum atomic E-state index is 13.9. The number of nitrogens with zero attached hydrogens (tertiary/aromatic N) is 2. The SMILES string of the molecule is Cl.O=C(c1ccccc1F)N1CCCCC1CCN1CCCCC1. The van der Waals surface area contributed by atoms with Gasteiger partial charge in [-0.25, -0.2) is 4.39 Å². The van der Waals surface area contributed by atoms with Gasteiger partial charge in [-0.1, -0.05) is 18.6 Å². The molecule has 2 aliphatic heterocycles. The molecule has 134 valence electrons. The lowest BCUT2D eigenvalue weighted by Crippen LogP contribution is -2.45. The zero-order valence-electron chi connectivity index (χ0n) is 14.3. The van der Waals surface area contributed by atoms with Crippen LogP contribution in [0.25, 0.3) is 0 Å². The molecule has 0 radical (unpaired) electrons. The Morgan fingerprint density at radius 3 is 2.50 bits per heavy atom. The summed E-state index contributed by atoms with van der Waals surface area (Å²) in [5.41, 5.74) is 0.220. The number of halogens is 2. The molecule has 2 aliphatic rings. The zero-order valence-corrected chi connectivity index (χ0v) is 15.1. The van der Waals surface area contributed by atoms with Crippen molar-refractivity contribution in [2.45, 2.75) is 51.0 Å². The van der Waals surface area contributed by atoms with Gasteiger partial charge in [0.25, 0.3) is 5.91 Å². The van der Waals surface area contributed by atoms with E-state index in [1.54, 1.807) is 18.2 Å². The minimum atomic E-state index is -0.405. The number of carbonyl (C=O) groups excluding carboxylic acids is 1. The number of amides is 1. The van der Waals surface area contributed by atoms with Gasteiger partial charge in [0.15, 0.2) is 0 Å². The molecule has 1 atom stereocenters. The van der Waals surface area contributed by atoms with Gasteiger partial charge in [0.05, 0.1) is 5.56 Å². The number of likely N-dealkylation sites (tertiary alicyclic amines) is 2. The first-order valence-electron chi connectivity index (χ1n) is 9.03. The molecule has 0 spiro atoms. The minimum absolute atomic E-state index is 0. The summed E-state index contributed by atoms with van der Waals surface area (Å²) < 4.78 is 13.9. The highest BCUT2D eigenvalue weighted by Gasteiger charge is 2.29. The van der Waals surface area contributed by atoms with Crippen molar-refractivity contribution in [1.29, 1.82) is 0 Å². The number of piperidine rings is 2. The van der Waals surface area contributed by atoms with Crippen molar-refractivity contribution in [3.05, 3.63) is 35.6 Å². The summed E-state index contributed by atoms with van der Waals surface area (Å²) >= 11 is 0. The van der Waals surface area contributed by atoms with Gasteiger partial charge in [0, 0.05) is 19.1 Å². The molecular weight excluding hydrogens is 327 g/mol. The largest absolute Gasteiger partial charge is 0.336 e. The molecule has 24 heavy (non-hydrogen) atoms. The second kappa shape index (κ2) is 9.38. The Hall–Kier alpha value is -1.13. The Morgan fingerprint density at radius 2 is 1.75 bits per heavy atom. The van der Waals surface area contributed by atoms with Crippen LogP contribution in [-0.2, 0) is 0 Å². The monoisotopic (exact) mass is 354 g/mol. The summed E-state index contributed by atoms with van der Waals surface area (Å²) in [7, 11) is 0. The van der Waals surface area contributed by atoms with Gasteiger partial charge in [-0.2, -0.15) is 0 Å². The standard InChI is InChI=1S/C19H27FN2O.ClH/c20-18-10-3-2-9-17(18)19(23)22-14-7-4-8-16(22)11-15-21-12-5-1-6-13-21;/h2-3,9-10,16H,1,4-8,11-15H2;1H. The van der Waals surface area contributed by atoms with E-state index in [-0.39, 0.29) is 29.9 Å². The molecule has 2 fully saturated rings. The van der Waals surface area contributed by atoms with Gasteiger partial charge in [-0.3, -0.25) is 4.79 Å². The van der Waals surface area contributed by atoms with Crippen LogP contribution < -0.4 is 0 Å². The van der Waals surface area contributed by atoms with E-state index in [0.717, 1.165) is 32.4 Å². The first kappa shape index (κ1) is 19.2. The van der Waals surface area contributed by atoms with Gasteiger partial charge < -0.3 is 9.80 Å². The fraction of sp³-hybridized carbons (Fsp3) is 0.632. The Bertz CT molecular complexity index is 534. The van der Waals surface area contributed by atoms with Crippen LogP contribution in [0.4, 0.5) is 4.39 Å². The molecule has 0 saturated carbocycles. The van der Waals surface area contributed by atoms with E-state index in [1.807, 2.05) is 4.90 Å². The summed E-state index contributed by atoms with van der Waals surface area (Å²) in [5.74, 6) is -0.538. The van der Waals surface area contributed by atoms with Crippen LogP contribution >= 0.6 is 12.4 Å². The molecule has 0 aliphatic carbocycles. The van der Waals surface area contributed by atoms with E-state index in [9.17, 15) is 9.18 Å². The van der Waals surface area contributed by atoms with E-state index in [2.05, 4.69) is 4.90 Å². The number of benzene rings is 1.